The lowest BCUT2D eigenvalue weighted by Crippen LogP contribution is -2.39. The molecule has 1 aromatic rings. The van der Waals surface area contributed by atoms with E-state index in [2.05, 4.69) is 45.3 Å². The smallest absolute Gasteiger partial charge is 0.183 e. The lowest BCUT2D eigenvalue weighted by atomic mass is 10.2. The molecule has 0 bridgehead atoms. The highest BCUT2D eigenvalue weighted by atomic mass is 28.4. The molecule has 0 atom stereocenters. The lowest BCUT2D eigenvalue weighted by Gasteiger charge is -2.18. The molecule has 0 aliphatic rings. The highest BCUT2D eigenvalue weighted by molar-refractivity contribution is 6.88. The summed E-state index contributed by atoms with van der Waals surface area (Å²) in [6.45, 7) is 14.4. The van der Waals surface area contributed by atoms with Gasteiger partial charge in [-0.15, -0.1) is 0 Å². The molecule has 0 N–H and O–H groups in total. The normalized spacial score (nSPS) is 13.1. The van der Waals surface area contributed by atoms with Gasteiger partial charge in [0.15, 0.2) is 8.32 Å². The Balaban J connectivity index is 2.59. The summed E-state index contributed by atoms with van der Waals surface area (Å²) < 4.78 is 11.5. The molecule has 0 amide bonds. The van der Waals surface area contributed by atoms with Gasteiger partial charge in [-0.2, -0.15) is 0 Å². The average Bonchev–Trinajstić information content (AvgIpc) is 2.48. The largest absolute Gasteiger partial charge is 0.474 e. The zero-order valence-electron chi connectivity index (χ0n) is 11.4. The van der Waals surface area contributed by atoms with Gasteiger partial charge in [-0.1, -0.05) is 19.6 Å². The topological polar surface area (TPSA) is 22.4 Å². The van der Waals surface area contributed by atoms with Crippen molar-refractivity contribution in [1.82, 2.24) is 0 Å². The van der Waals surface area contributed by atoms with Gasteiger partial charge in [0.1, 0.15) is 8.07 Å². The van der Waals surface area contributed by atoms with Crippen molar-refractivity contribution in [2.24, 2.45) is 0 Å². The first kappa shape index (κ1) is 13.7. The van der Waals surface area contributed by atoms with Crippen molar-refractivity contribution in [3.63, 3.8) is 0 Å². The molecule has 0 radical (unpaired) electrons. The molecule has 1 aromatic heterocycles. The highest BCUT2D eigenvalue weighted by Crippen LogP contribution is 2.10. The zero-order chi connectivity index (χ0) is 12.4. The van der Waals surface area contributed by atoms with Crippen LogP contribution in [-0.2, 0) is 10.8 Å². The molecule has 0 aliphatic carbocycles. The van der Waals surface area contributed by atoms with E-state index in [0.717, 1.165) is 13.0 Å². The molecule has 0 aliphatic heterocycles. The standard InChI is InChI=1S/C12H24O2Si2/c1-15(2,3)12-11(7-9-13-12)8-10-14-16(4,5)6/h7,9H,8,10H2,1-6H3. The summed E-state index contributed by atoms with van der Waals surface area (Å²) in [7, 11) is -2.71. The number of rotatable bonds is 5. The van der Waals surface area contributed by atoms with Crippen LogP contribution < -0.4 is 5.38 Å². The average molecular weight is 256 g/mol. The Morgan fingerprint density at radius 2 is 1.75 bits per heavy atom. The van der Waals surface area contributed by atoms with Crippen LogP contribution in [0.25, 0.3) is 0 Å². The molecular weight excluding hydrogens is 232 g/mol. The van der Waals surface area contributed by atoms with Crippen LogP contribution in [0.1, 0.15) is 5.56 Å². The SMILES string of the molecule is C[Si](C)(C)OCCc1ccoc1[Si](C)(C)C. The van der Waals surface area contributed by atoms with E-state index in [9.17, 15) is 0 Å². The van der Waals surface area contributed by atoms with E-state index < -0.39 is 16.4 Å². The molecule has 0 spiro atoms. The van der Waals surface area contributed by atoms with Crippen LogP contribution >= 0.6 is 0 Å². The summed E-state index contributed by atoms with van der Waals surface area (Å²) in [5.41, 5.74) is 1.34. The summed E-state index contributed by atoms with van der Waals surface area (Å²) >= 11 is 0. The fourth-order valence-corrected chi connectivity index (χ4v) is 3.97. The van der Waals surface area contributed by atoms with Crippen molar-refractivity contribution in [2.75, 3.05) is 6.61 Å². The van der Waals surface area contributed by atoms with Crippen molar-refractivity contribution in [3.05, 3.63) is 17.9 Å². The van der Waals surface area contributed by atoms with Gasteiger partial charge in [0.05, 0.1) is 11.6 Å². The van der Waals surface area contributed by atoms with Gasteiger partial charge in [-0.3, -0.25) is 0 Å². The van der Waals surface area contributed by atoms with Crippen molar-refractivity contribution >= 4 is 21.8 Å². The number of hydrogen-bond donors (Lipinski definition) is 0. The second-order valence-electron chi connectivity index (χ2n) is 6.24. The molecule has 2 nitrogen and oxygen atoms in total. The minimum Gasteiger partial charge on any atom is -0.474 e. The Morgan fingerprint density at radius 3 is 2.25 bits per heavy atom. The second-order valence-corrected chi connectivity index (χ2v) is 15.7. The van der Waals surface area contributed by atoms with Crippen molar-refractivity contribution in [2.45, 2.75) is 45.7 Å². The van der Waals surface area contributed by atoms with Gasteiger partial charge in [0.2, 0.25) is 0 Å². The molecular formula is C12H24O2Si2. The summed E-state index contributed by atoms with van der Waals surface area (Å²) in [5, 5.41) is 1.23. The Hall–Kier alpha value is -0.326. The molecule has 0 fully saturated rings. The summed E-state index contributed by atoms with van der Waals surface area (Å²) in [4.78, 5) is 0. The maximum absolute atomic E-state index is 5.88. The van der Waals surface area contributed by atoms with Crippen LogP contribution in [0.5, 0.6) is 0 Å². The van der Waals surface area contributed by atoms with E-state index in [-0.39, 0.29) is 0 Å². The summed E-state index contributed by atoms with van der Waals surface area (Å²) in [6, 6.07) is 2.10. The van der Waals surface area contributed by atoms with E-state index in [4.69, 9.17) is 8.84 Å². The third kappa shape index (κ3) is 4.27. The van der Waals surface area contributed by atoms with E-state index in [0.29, 0.717) is 0 Å². The van der Waals surface area contributed by atoms with E-state index in [1.807, 2.05) is 6.26 Å². The molecule has 0 saturated heterocycles. The third-order valence-corrected chi connectivity index (χ3v) is 5.21. The summed E-state index contributed by atoms with van der Waals surface area (Å²) in [5.74, 6) is 0. The van der Waals surface area contributed by atoms with Crippen molar-refractivity contribution in [3.8, 4) is 0 Å². The minimum atomic E-state index is -1.37. The minimum absolute atomic E-state index is 0.826. The molecule has 0 aromatic carbocycles. The first-order valence-corrected chi connectivity index (χ1v) is 12.8. The third-order valence-electron chi connectivity index (χ3n) is 2.33. The molecule has 1 heterocycles. The van der Waals surface area contributed by atoms with Crippen molar-refractivity contribution in [1.29, 1.82) is 0 Å². The molecule has 0 unspecified atom stereocenters. The van der Waals surface area contributed by atoms with Gasteiger partial charge in [0, 0.05) is 6.61 Å². The van der Waals surface area contributed by atoms with Crippen LogP contribution in [0, 0.1) is 0 Å². The highest BCUT2D eigenvalue weighted by Gasteiger charge is 2.24. The van der Waals surface area contributed by atoms with Gasteiger partial charge >= 0.3 is 0 Å². The quantitative estimate of drug-likeness (QED) is 0.755. The first-order valence-electron chi connectivity index (χ1n) is 5.91. The Morgan fingerprint density at radius 1 is 1.12 bits per heavy atom. The maximum Gasteiger partial charge on any atom is 0.183 e. The predicted octanol–water partition coefficient (Wildman–Crippen LogP) is 3.22. The van der Waals surface area contributed by atoms with Crippen LogP contribution in [0.2, 0.25) is 39.3 Å². The fourth-order valence-electron chi connectivity index (χ4n) is 1.66. The maximum atomic E-state index is 5.88. The van der Waals surface area contributed by atoms with E-state index in [1.54, 1.807) is 0 Å². The van der Waals surface area contributed by atoms with Gasteiger partial charge in [-0.25, -0.2) is 0 Å². The Labute approximate surface area is 101 Å². The van der Waals surface area contributed by atoms with Gasteiger partial charge < -0.3 is 8.84 Å². The molecule has 0 saturated carbocycles. The molecule has 4 heteroatoms. The Kier molecular flexibility index (Phi) is 4.20. The van der Waals surface area contributed by atoms with E-state index in [1.165, 1.54) is 10.9 Å². The van der Waals surface area contributed by atoms with Crippen LogP contribution in [-0.4, -0.2) is 23.0 Å². The lowest BCUT2D eigenvalue weighted by molar-refractivity contribution is 0.316. The van der Waals surface area contributed by atoms with Crippen LogP contribution in [0.3, 0.4) is 0 Å². The molecule has 1 rings (SSSR count). The van der Waals surface area contributed by atoms with Crippen LogP contribution in [0.15, 0.2) is 16.7 Å². The number of hydrogen-bond acceptors (Lipinski definition) is 2. The molecule has 16 heavy (non-hydrogen) atoms. The second kappa shape index (κ2) is 4.90. The summed E-state index contributed by atoms with van der Waals surface area (Å²) in [6.07, 6.45) is 2.80. The van der Waals surface area contributed by atoms with Crippen molar-refractivity contribution < 1.29 is 8.84 Å². The zero-order valence-corrected chi connectivity index (χ0v) is 13.4. The van der Waals surface area contributed by atoms with E-state index >= 15 is 0 Å². The number of furan rings is 1. The van der Waals surface area contributed by atoms with Gasteiger partial charge in [0.25, 0.3) is 0 Å². The first-order chi connectivity index (χ1) is 7.20. The predicted molar refractivity (Wildman–Crippen MR) is 74.7 cm³/mol. The molecule has 92 valence electrons. The fraction of sp³-hybridized carbons (Fsp3) is 0.667. The monoisotopic (exact) mass is 256 g/mol. The van der Waals surface area contributed by atoms with Crippen LogP contribution in [0.4, 0.5) is 0 Å². The van der Waals surface area contributed by atoms with Gasteiger partial charge in [-0.05, 0) is 37.7 Å². The Bertz CT molecular complexity index is 332.